The van der Waals surface area contributed by atoms with Crippen molar-refractivity contribution in [2.24, 2.45) is 0 Å². The van der Waals surface area contributed by atoms with Crippen LogP contribution in [0.5, 0.6) is 0 Å². The molecule has 2 heterocycles. The highest BCUT2D eigenvalue weighted by molar-refractivity contribution is 5.91. The van der Waals surface area contributed by atoms with Crippen LogP contribution in [-0.2, 0) is 10.8 Å². The second kappa shape index (κ2) is 9.20. The molecule has 4 rings (SSSR count). The Morgan fingerprint density at radius 2 is 1.14 bits per heavy atom. The van der Waals surface area contributed by atoms with Gasteiger partial charge in [0.1, 0.15) is 17.2 Å². The molecule has 0 N–H and O–H groups in total. The van der Waals surface area contributed by atoms with Crippen LogP contribution < -0.4 is 0 Å². The Bertz CT molecular complexity index is 1440. The molecule has 36 heavy (non-hydrogen) atoms. The summed E-state index contributed by atoms with van der Waals surface area (Å²) in [6.07, 6.45) is 2.60. The standard InChI is InChI=1S/C31H31F3N2/c1-18-12-13-35-29(27(18)34)25-15-20(31(5,6)7)9-11-23(25)22-10-8-19(30(2,3)4)14-24(22)28-26(33)16-21(32)17-36-28/h8-17H,1-7H3. The molecular weight excluding hydrogens is 457 g/mol. The van der Waals surface area contributed by atoms with E-state index < -0.39 is 17.5 Å². The van der Waals surface area contributed by atoms with E-state index in [9.17, 15) is 4.39 Å². The summed E-state index contributed by atoms with van der Waals surface area (Å²) >= 11 is 0. The fraction of sp³-hybridized carbons (Fsp3) is 0.290. The van der Waals surface area contributed by atoms with Crippen molar-refractivity contribution in [3.63, 3.8) is 0 Å². The average Bonchev–Trinajstić information content (AvgIpc) is 2.79. The van der Waals surface area contributed by atoms with E-state index in [4.69, 9.17) is 0 Å². The number of nitrogens with zero attached hydrogens (tertiary/aromatic N) is 2. The lowest BCUT2D eigenvalue weighted by molar-refractivity contribution is 0.575. The molecule has 0 spiro atoms. The van der Waals surface area contributed by atoms with Gasteiger partial charge in [-0.1, -0.05) is 65.8 Å². The van der Waals surface area contributed by atoms with Crippen molar-refractivity contribution < 1.29 is 13.2 Å². The van der Waals surface area contributed by atoms with Gasteiger partial charge in [0.2, 0.25) is 0 Å². The first-order valence-electron chi connectivity index (χ1n) is 12.0. The molecule has 0 aliphatic rings. The third-order valence-corrected chi connectivity index (χ3v) is 6.46. The Kier molecular flexibility index (Phi) is 6.54. The van der Waals surface area contributed by atoms with E-state index in [1.807, 2.05) is 36.4 Å². The maximum atomic E-state index is 15.4. The molecule has 186 valence electrons. The number of rotatable bonds is 3. The zero-order valence-corrected chi connectivity index (χ0v) is 21.8. The van der Waals surface area contributed by atoms with Crippen LogP contribution in [-0.4, -0.2) is 9.97 Å². The zero-order chi connectivity index (χ0) is 26.4. The van der Waals surface area contributed by atoms with Crippen LogP contribution in [0.15, 0.2) is 60.9 Å². The average molecular weight is 489 g/mol. The Morgan fingerprint density at radius 1 is 0.611 bits per heavy atom. The molecule has 5 heteroatoms. The third-order valence-electron chi connectivity index (χ3n) is 6.46. The van der Waals surface area contributed by atoms with Gasteiger partial charge >= 0.3 is 0 Å². The number of aromatic nitrogens is 2. The molecule has 0 aliphatic heterocycles. The van der Waals surface area contributed by atoms with Gasteiger partial charge in [-0.25, -0.2) is 13.2 Å². The summed E-state index contributed by atoms with van der Waals surface area (Å²) in [5, 5.41) is 0. The molecule has 0 saturated heterocycles. The SMILES string of the molecule is Cc1ccnc(-c2cc(C(C)(C)C)ccc2-c2ccc(C(C)(C)C)cc2-c2ncc(F)cc2F)c1F. The van der Waals surface area contributed by atoms with Gasteiger partial charge in [-0.2, -0.15) is 0 Å². The van der Waals surface area contributed by atoms with Gasteiger partial charge in [0.25, 0.3) is 0 Å². The summed E-state index contributed by atoms with van der Waals surface area (Å²) in [6, 6.07) is 14.1. The number of hydrogen-bond donors (Lipinski definition) is 0. The minimum atomic E-state index is -0.755. The summed E-state index contributed by atoms with van der Waals surface area (Å²) in [5.41, 5.74) is 4.83. The van der Waals surface area contributed by atoms with Gasteiger partial charge < -0.3 is 0 Å². The number of aryl methyl sites for hydroxylation is 1. The van der Waals surface area contributed by atoms with Gasteiger partial charge in [-0.3, -0.25) is 9.97 Å². The van der Waals surface area contributed by atoms with Crippen molar-refractivity contribution in [2.45, 2.75) is 59.3 Å². The van der Waals surface area contributed by atoms with Crippen LogP contribution in [0.3, 0.4) is 0 Å². The lowest BCUT2D eigenvalue weighted by atomic mass is 9.81. The van der Waals surface area contributed by atoms with Crippen LogP contribution >= 0.6 is 0 Å². The third kappa shape index (κ3) is 4.92. The summed E-state index contributed by atoms with van der Waals surface area (Å²) in [5.74, 6) is -1.90. The molecule has 2 nitrogen and oxygen atoms in total. The molecule has 0 saturated carbocycles. The van der Waals surface area contributed by atoms with Crippen molar-refractivity contribution in [1.29, 1.82) is 0 Å². The summed E-state index contributed by atoms with van der Waals surface area (Å²) in [7, 11) is 0. The fourth-order valence-electron chi connectivity index (χ4n) is 4.22. The molecule has 0 aliphatic carbocycles. The maximum Gasteiger partial charge on any atom is 0.152 e. The van der Waals surface area contributed by atoms with Crippen molar-refractivity contribution in [2.75, 3.05) is 0 Å². The van der Waals surface area contributed by atoms with Crippen LogP contribution in [0.1, 0.15) is 58.2 Å². The highest BCUT2D eigenvalue weighted by Gasteiger charge is 2.24. The molecule has 0 radical (unpaired) electrons. The van der Waals surface area contributed by atoms with Gasteiger partial charge in [0.05, 0.1) is 6.20 Å². The van der Waals surface area contributed by atoms with Crippen LogP contribution in [0.4, 0.5) is 13.2 Å². The van der Waals surface area contributed by atoms with Crippen LogP contribution in [0.25, 0.3) is 33.6 Å². The minimum Gasteiger partial charge on any atom is -0.253 e. The maximum absolute atomic E-state index is 15.4. The fourth-order valence-corrected chi connectivity index (χ4v) is 4.22. The minimum absolute atomic E-state index is 0.0426. The van der Waals surface area contributed by atoms with Crippen LogP contribution in [0.2, 0.25) is 0 Å². The number of benzene rings is 2. The summed E-state index contributed by atoms with van der Waals surface area (Å²) in [4.78, 5) is 8.50. The monoisotopic (exact) mass is 488 g/mol. The normalized spacial score (nSPS) is 12.2. The van der Waals surface area contributed by atoms with Crippen LogP contribution in [0, 0.1) is 24.4 Å². The topological polar surface area (TPSA) is 25.8 Å². The zero-order valence-electron chi connectivity index (χ0n) is 21.8. The highest BCUT2D eigenvalue weighted by atomic mass is 19.1. The molecule has 0 bridgehead atoms. The first-order chi connectivity index (χ1) is 16.8. The molecule has 0 unspecified atom stereocenters. The largest absolute Gasteiger partial charge is 0.253 e. The molecule has 0 fully saturated rings. The quantitative estimate of drug-likeness (QED) is 0.288. The molecule has 4 aromatic rings. The predicted molar refractivity (Wildman–Crippen MR) is 140 cm³/mol. The van der Waals surface area contributed by atoms with Crippen molar-refractivity contribution in [3.8, 4) is 33.6 Å². The van der Waals surface area contributed by atoms with E-state index >= 15 is 8.78 Å². The van der Waals surface area contributed by atoms with Crippen molar-refractivity contribution in [3.05, 3.63) is 95.1 Å². The molecule has 0 amide bonds. The highest BCUT2D eigenvalue weighted by Crippen LogP contribution is 2.42. The van der Waals surface area contributed by atoms with E-state index in [-0.39, 0.29) is 22.2 Å². The van der Waals surface area contributed by atoms with E-state index in [1.165, 1.54) is 0 Å². The van der Waals surface area contributed by atoms with E-state index in [1.54, 1.807) is 19.2 Å². The van der Waals surface area contributed by atoms with E-state index in [0.717, 1.165) is 23.4 Å². The second-order valence-electron chi connectivity index (χ2n) is 11.3. The van der Waals surface area contributed by atoms with Gasteiger partial charge in [0.15, 0.2) is 11.6 Å². The number of pyridine rings is 2. The number of hydrogen-bond acceptors (Lipinski definition) is 2. The summed E-state index contributed by atoms with van der Waals surface area (Å²) in [6.45, 7) is 14.2. The lowest BCUT2D eigenvalue weighted by Gasteiger charge is -2.24. The molecule has 2 aromatic carbocycles. The van der Waals surface area contributed by atoms with Gasteiger partial charge in [-0.15, -0.1) is 0 Å². The molecule has 0 atom stereocenters. The smallest absolute Gasteiger partial charge is 0.152 e. The Morgan fingerprint density at radius 3 is 1.64 bits per heavy atom. The Hall–Kier alpha value is -3.47. The van der Waals surface area contributed by atoms with E-state index in [0.29, 0.717) is 27.8 Å². The lowest BCUT2D eigenvalue weighted by Crippen LogP contribution is -2.12. The van der Waals surface area contributed by atoms with Crippen molar-refractivity contribution >= 4 is 0 Å². The summed E-state index contributed by atoms with van der Waals surface area (Å²) < 4.78 is 44.2. The number of halogens is 3. The Labute approximate surface area is 211 Å². The predicted octanol–water partition coefficient (Wildman–Crippen LogP) is 8.80. The first kappa shape index (κ1) is 25.6. The Balaban J connectivity index is 2.09. The second-order valence-corrected chi connectivity index (χ2v) is 11.3. The van der Waals surface area contributed by atoms with Crippen molar-refractivity contribution in [1.82, 2.24) is 9.97 Å². The molecule has 2 aromatic heterocycles. The van der Waals surface area contributed by atoms with Gasteiger partial charge in [0, 0.05) is 23.4 Å². The van der Waals surface area contributed by atoms with E-state index in [2.05, 4.69) is 51.5 Å². The van der Waals surface area contributed by atoms with Gasteiger partial charge in [-0.05, 0) is 63.8 Å². The molecular formula is C31H31F3N2. The first-order valence-corrected chi connectivity index (χ1v) is 12.0.